The van der Waals surface area contributed by atoms with Gasteiger partial charge < -0.3 is 5.11 Å². The van der Waals surface area contributed by atoms with E-state index in [1.807, 2.05) is 65.5 Å². The maximum Gasteiger partial charge on any atom is 0.275 e. The van der Waals surface area contributed by atoms with E-state index in [1.165, 1.54) is 6.07 Å². The minimum atomic E-state index is -1.05. The molecule has 3 rings (SSSR count). The van der Waals surface area contributed by atoms with Crippen LogP contribution in [-0.4, -0.2) is 10.0 Å². The number of nitro benzene ring substituents is 1. The van der Waals surface area contributed by atoms with Crippen LogP contribution in [0.25, 0.3) is 0 Å². The lowest BCUT2D eigenvalue weighted by Gasteiger charge is -2.19. The normalized spacial score (nSPS) is 13.2. The number of hydrogen-bond acceptors (Lipinski definition) is 3. The standard InChI is InChI=1S/C19H17N2O3/c22-19(16-11-5-6-12-17(16)21(23)24)18(15-9-3-1-4-10-15)20-13-7-2-8-14-20/h1-14,18-19,22H/q+1/t18-,19-/m1/s1. The number of benzene rings is 2. The number of aliphatic hydroxyl groups is 1. The summed E-state index contributed by atoms with van der Waals surface area (Å²) in [6, 6.07) is 20.9. The van der Waals surface area contributed by atoms with E-state index in [0.29, 0.717) is 5.56 Å². The summed E-state index contributed by atoms with van der Waals surface area (Å²) >= 11 is 0. The topological polar surface area (TPSA) is 67.2 Å². The minimum absolute atomic E-state index is 0.0811. The van der Waals surface area contributed by atoms with Crippen molar-refractivity contribution in [3.05, 3.63) is 106 Å². The van der Waals surface area contributed by atoms with Crippen molar-refractivity contribution >= 4 is 5.69 Å². The molecule has 0 bridgehead atoms. The molecule has 24 heavy (non-hydrogen) atoms. The number of rotatable bonds is 5. The third-order valence-corrected chi connectivity index (χ3v) is 3.95. The summed E-state index contributed by atoms with van der Waals surface area (Å²) in [6.07, 6.45) is 2.63. The van der Waals surface area contributed by atoms with Crippen LogP contribution in [0.3, 0.4) is 0 Å². The largest absolute Gasteiger partial charge is 0.381 e. The molecule has 0 amide bonds. The smallest absolute Gasteiger partial charge is 0.275 e. The van der Waals surface area contributed by atoms with Crippen molar-refractivity contribution in [2.75, 3.05) is 0 Å². The van der Waals surface area contributed by atoms with Crippen LogP contribution in [0.5, 0.6) is 0 Å². The molecule has 0 radical (unpaired) electrons. The molecule has 1 aromatic heterocycles. The van der Waals surface area contributed by atoms with Crippen molar-refractivity contribution in [2.45, 2.75) is 12.1 Å². The number of para-hydroxylation sites is 1. The molecule has 5 nitrogen and oxygen atoms in total. The molecular formula is C19H17N2O3+. The number of hydrogen-bond donors (Lipinski definition) is 1. The third-order valence-electron chi connectivity index (χ3n) is 3.95. The van der Waals surface area contributed by atoms with E-state index in [4.69, 9.17) is 0 Å². The lowest BCUT2D eigenvalue weighted by molar-refractivity contribution is -0.722. The van der Waals surface area contributed by atoms with E-state index in [1.54, 1.807) is 18.2 Å². The first kappa shape index (κ1) is 15.8. The van der Waals surface area contributed by atoms with E-state index < -0.39 is 17.1 Å². The highest BCUT2D eigenvalue weighted by atomic mass is 16.6. The molecule has 0 unspecified atom stereocenters. The molecule has 0 aliphatic heterocycles. The number of pyridine rings is 1. The molecular weight excluding hydrogens is 304 g/mol. The molecule has 3 aromatic rings. The predicted molar refractivity (Wildman–Crippen MR) is 89.3 cm³/mol. The fourth-order valence-electron chi connectivity index (χ4n) is 2.84. The van der Waals surface area contributed by atoms with Crippen molar-refractivity contribution in [2.24, 2.45) is 0 Å². The molecule has 1 heterocycles. The van der Waals surface area contributed by atoms with Gasteiger partial charge in [0, 0.05) is 23.8 Å². The summed E-state index contributed by atoms with van der Waals surface area (Å²) < 4.78 is 1.86. The molecule has 0 saturated heterocycles. The number of aromatic nitrogens is 1. The zero-order chi connectivity index (χ0) is 16.9. The molecule has 120 valence electrons. The van der Waals surface area contributed by atoms with Gasteiger partial charge in [0.15, 0.2) is 18.5 Å². The first-order chi connectivity index (χ1) is 11.7. The summed E-state index contributed by atoms with van der Waals surface area (Å²) in [5.41, 5.74) is 1.09. The predicted octanol–water partition coefficient (Wildman–Crippen LogP) is 3.21. The monoisotopic (exact) mass is 321 g/mol. The second kappa shape index (κ2) is 7.02. The molecule has 0 aliphatic carbocycles. The molecule has 0 spiro atoms. The van der Waals surface area contributed by atoms with Crippen LogP contribution in [0, 0.1) is 10.1 Å². The summed E-state index contributed by atoms with van der Waals surface area (Å²) in [5, 5.41) is 22.3. The Kier molecular flexibility index (Phi) is 4.63. The Morgan fingerprint density at radius 1 is 0.875 bits per heavy atom. The average Bonchev–Trinajstić information content (AvgIpc) is 2.63. The van der Waals surface area contributed by atoms with Crippen LogP contribution in [0.15, 0.2) is 85.2 Å². The van der Waals surface area contributed by atoms with Crippen LogP contribution < -0.4 is 4.57 Å². The lowest BCUT2D eigenvalue weighted by atomic mass is 9.94. The van der Waals surface area contributed by atoms with Gasteiger partial charge in [0.2, 0.25) is 6.04 Å². The molecule has 0 saturated carbocycles. The third kappa shape index (κ3) is 3.16. The highest BCUT2D eigenvalue weighted by Gasteiger charge is 2.34. The van der Waals surface area contributed by atoms with Gasteiger partial charge >= 0.3 is 0 Å². The van der Waals surface area contributed by atoms with Gasteiger partial charge in [-0.05, 0) is 6.07 Å². The molecule has 2 aromatic carbocycles. The van der Waals surface area contributed by atoms with Crippen molar-refractivity contribution in [3.8, 4) is 0 Å². The highest BCUT2D eigenvalue weighted by Crippen LogP contribution is 2.33. The van der Waals surface area contributed by atoms with Crippen LogP contribution in [0.1, 0.15) is 23.3 Å². The second-order valence-electron chi connectivity index (χ2n) is 5.44. The lowest BCUT2D eigenvalue weighted by Crippen LogP contribution is -2.42. The Morgan fingerprint density at radius 2 is 1.46 bits per heavy atom. The Bertz CT molecular complexity index is 783. The molecule has 5 heteroatoms. The van der Waals surface area contributed by atoms with E-state index in [0.717, 1.165) is 5.56 Å². The van der Waals surface area contributed by atoms with Gasteiger partial charge in [-0.3, -0.25) is 10.1 Å². The molecule has 0 aliphatic rings. The SMILES string of the molecule is O=[N+]([O-])c1ccccc1[C@@H](O)[C@@H](c1ccccc1)[n+]1ccccc1. The second-order valence-corrected chi connectivity index (χ2v) is 5.44. The first-order valence-corrected chi connectivity index (χ1v) is 7.60. The van der Waals surface area contributed by atoms with Gasteiger partial charge in [-0.1, -0.05) is 48.5 Å². The average molecular weight is 321 g/mol. The van der Waals surface area contributed by atoms with Crippen molar-refractivity contribution in [1.29, 1.82) is 0 Å². The zero-order valence-electron chi connectivity index (χ0n) is 12.9. The first-order valence-electron chi connectivity index (χ1n) is 7.60. The number of aliphatic hydroxyl groups excluding tert-OH is 1. The molecule has 1 N–H and O–H groups in total. The summed E-state index contributed by atoms with van der Waals surface area (Å²) in [6.45, 7) is 0. The highest BCUT2D eigenvalue weighted by molar-refractivity contribution is 5.42. The number of nitrogens with zero attached hydrogens (tertiary/aromatic N) is 2. The zero-order valence-corrected chi connectivity index (χ0v) is 12.9. The van der Waals surface area contributed by atoms with Crippen molar-refractivity contribution < 1.29 is 14.6 Å². The van der Waals surface area contributed by atoms with Gasteiger partial charge in [-0.25, -0.2) is 0 Å². The van der Waals surface area contributed by atoms with Gasteiger partial charge in [-0.2, -0.15) is 4.57 Å². The van der Waals surface area contributed by atoms with Crippen LogP contribution in [-0.2, 0) is 0 Å². The van der Waals surface area contributed by atoms with Gasteiger partial charge in [0.1, 0.15) is 0 Å². The van der Waals surface area contributed by atoms with Gasteiger partial charge in [0.25, 0.3) is 5.69 Å². The molecule has 2 atom stereocenters. The summed E-state index contributed by atoms with van der Waals surface area (Å²) in [7, 11) is 0. The summed E-state index contributed by atoms with van der Waals surface area (Å²) in [4.78, 5) is 10.8. The maximum atomic E-state index is 11.3. The quantitative estimate of drug-likeness (QED) is 0.446. The number of nitro groups is 1. The Labute approximate surface area is 139 Å². The Balaban J connectivity index is 2.12. The molecule has 0 fully saturated rings. The Hall–Kier alpha value is -3.05. The van der Waals surface area contributed by atoms with Crippen LogP contribution >= 0.6 is 0 Å². The fraction of sp³-hybridized carbons (Fsp3) is 0.105. The van der Waals surface area contributed by atoms with E-state index in [2.05, 4.69) is 0 Å². The minimum Gasteiger partial charge on any atom is -0.381 e. The van der Waals surface area contributed by atoms with Crippen molar-refractivity contribution in [3.63, 3.8) is 0 Å². The van der Waals surface area contributed by atoms with Gasteiger partial charge in [-0.15, -0.1) is 0 Å². The van der Waals surface area contributed by atoms with Crippen molar-refractivity contribution in [1.82, 2.24) is 0 Å². The van der Waals surface area contributed by atoms with Crippen LogP contribution in [0.2, 0.25) is 0 Å². The fourth-order valence-corrected chi connectivity index (χ4v) is 2.84. The van der Waals surface area contributed by atoms with E-state index in [9.17, 15) is 15.2 Å². The van der Waals surface area contributed by atoms with Crippen LogP contribution in [0.4, 0.5) is 5.69 Å². The Morgan fingerprint density at radius 3 is 2.12 bits per heavy atom. The maximum absolute atomic E-state index is 11.3. The van der Waals surface area contributed by atoms with E-state index >= 15 is 0 Å². The summed E-state index contributed by atoms with van der Waals surface area (Å²) in [5.74, 6) is 0. The van der Waals surface area contributed by atoms with Gasteiger partial charge in [0.05, 0.1) is 10.5 Å². The van der Waals surface area contributed by atoms with E-state index in [-0.39, 0.29) is 5.69 Å².